The minimum absolute atomic E-state index is 0.404. The first-order valence-corrected chi connectivity index (χ1v) is 12.0. The maximum Gasteiger partial charge on any atom is 0.328 e. The number of hydrogen-bond acceptors (Lipinski definition) is 1. The van der Waals surface area contributed by atoms with Crippen LogP contribution < -0.4 is 0 Å². The summed E-state index contributed by atoms with van der Waals surface area (Å²) in [6.45, 7) is 9.00. The van der Waals surface area contributed by atoms with Gasteiger partial charge in [-0.25, -0.2) is 0 Å². The Balaban J connectivity index is 3.77. The SMILES string of the molecule is CC(C)CCCCCCCC(CCCCCCC(C)C)P(=O)(O)O. The molecule has 0 aromatic heterocycles. The van der Waals surface area contributed by atoms with Gasteiger partial charge in [0.15, 0.2) is 0 Å². The van der Waals surface area contributed by atoms with Crippen molar-refractivity contribution < 1.29 is 14.4 Å². The van der Waals surface area contributed by atoms with Crippen molar-refractivity contribution in [2.24, 2.45) is 11.8 Å². The normalized spacial score (nSPS) is 13.8. The average Bonchev–Trinajstić information content (AvgIpc) is 2.45. The second-order valence-corrected chi connectivity index (χ2v) is 10.3. The smallest absolute Gasteiger partial charge is 0.324 e. The van der Waals surface area contributed by atoms with Crippen LogP contribution in [0.4, 0.5) is 0 Å². The third-order valence-corrected chi connectivity index (χ3v) is 6.33. The molecule has 0 rings (SSSR count). The van der Waals surface area contributed by atoms with Crippen molar-refractivity contribution in [3.63, 3.8) is 0 Å². The molecule has 0 spiro atoms. The van der Waals surface area contributed by atoms with Crippen LogP contribution in [0.2, 0.25) is 0 Å². The Morgan fingerprint density at radius 2 is 0.875 bits per heavy atom. The number of hydrogen-bond donors (Lipinski definition) is 2. The lowest BCUT2D eigenvalue weighted by atomic mass is 10.0. The van der Waals surface area contributed by atoms with Crippen LogP contribution in [0.15, 0.2) is 0 Å². The summed E-state index contributed by atoms with van der Waals surface area (Å²) in [6.07, 6.45) is 14.3. The summed E-state index contributed by atoms with van der Waals surface area (Å²) in [5.74, 6) is 1.54. The summed E-state index contributed by atoms with van der Waals surface area (Å²) in [4.78, 5) is 19.1. The lowest BCUT2D eigenvalue weighted by Gasteiger charge is -2.18. The third-order valence-electron chi connectivity index (χ3n) is 4.86. The van der Waals surface area contributed by atoms with Gasteiger partial charge in [0.25, 0.3) is 0 Å². The molecule has 3 nitrogen and oxygen atoms in total. The minimum atomic E-state index is -3.92. The Labute approximate surface area is 151 Å². The molecular weight excluding hydrogens is 319 g/mol. The molecule has 1 atom stereocenters. The molecule has 2 N–H and O–H groups in total. The van der Waals surface area contributed by atoms with Crippen LogP contribution in [0.3, 0.4) is 0 Å². The molecule has 0 fully saturated rings. The van der Waals surface area contributed by atoms with Crippen molar-refractivity contribution in [3.05, 3.63) is 0 Å². The quantitative estimate of drug-likeness (QED) is 0.231. The van der Waals surface area contributed by atoms with E-state index in [1.54, 1.807) is 0 Å². The fourth-order valence-corrected chi connectivity index (χ4v) is 4.27. The van der Waals surface area contributed by atoms with Gasteiger partial charge in [-0.05, 0) is 24.7 Å². The second-order valence-electron chi connectivity index (χ2n) is 8.37. The van der Waals surface area contributed by atoms with Crippen LogP contribution >= 0.6 is 7.60 Å². The zero-order valence-corrected chi connectivity index (χ0v) is 17.6. The Morgan fingerprint density at radius 3 is 1.17 bits per heavy atom. The van der Waals surface area contributed by atoms with Crippen molar-refractivity contribution in [2.75, 3.05) is 0 Å². The van der Waals surface area contributed by atoms with E-state index < -0.39 is 13.3 Å². The van der Waals surface area contributed by atoms with E-state index in [2.05, 4.69) is 27.7 Å². The summed E-state index contributed by atoms with van der Waals surface area (Å²) in [7, 11) is -3.92. The molecule has 0 amide bonds. The average molecular weight is 363 g/mol. The highest BCUT2D eigenvalue weighted by atomic mass is 31.2. The van der Waals surface area contributed by atoms with Crippen LogP contribution in [0.1, 0.15) is 111 Å². The molecule has 0 aromatic rings. The topological polar surface area (TPSA) is 57.5 Å². The Morgan fingerprint density at radius 1 is 0.583 bits per heavy atom. The van der Waals surface area contributed by atoms with Crippen LogP contribution in [0, 0.1) is 11.8 Å². The second kappa shape index (κ2) is 14.3. The number of rotatable bonds is 16. The summed E-state index contributed by atoms with van der Waals surface area (Å²) in [5, 5.41) is 0. The maximum absolute atomic E-state index is 11.7. The van der Waals surface area contributed by atoms with Gasteiger partial charge in [0.2, 0.25) is 0 Å². The van der Waals surface area contributed by atoms with Crippen molar-refractivity contribution >= 4 is 7.60 Å². The molecule has 0 heterocycles. The lowest BCUT2D eigenvalue weighted by molar-refractivity contribution is 0.345. The molecule has 0 saturated carbocycles. The molecule has 0 saturated heterocycles. The molecule has 24 heavy (non-hydrogen) atoms. The molecule has 0 bridgehead atoms. The third kappa shape index (κ3) is 15.7. The molecule has 0 aliphatic heterocycles. The van der Waals surface area contributed by atoms with E-state index in [1.807, 2.05) is 0 Å². The van der Waals surface area contributed by atoms with Gasteiger partial charge in [-0.1, -0.05) is 98.3 Å². The van der Waals surface area contributed by atoms with Gasteiger partial charge in [-0.3, -0.25) is 4.57 Å². The first kappa shape index (κ1) is 24.1. The molecule has 0 aromatic carbocycles. The Hall–Kier alpha value is 0.150. The molecule has 0 radical (unpaired) electrons. The highest BCUT2D eigenvalue weighted by molar-refractivity contribution is 7.52. The van der Waals surface area contributed by atoms with E-state index >= 15 is 0 Å². The van der Waals surface area contributed by atoms with Gasteiger partial charge >= 0.3 is 7.60 Å². The zero-order valence-electron chi connectivity index (χ0n) is 16.7. The molecule has 0 aliphatic carbocycles. The van der Waals surface area contributed by atoms with Gasteiger partial charge in [-0.15, -0.1) is 0 Å². The van der Waals surface area contributed by atoms with Gasteiger partial charge in [0.1, 0.15) is 0 Å². The van der Waals surface area contributed by atoms with E-state index in [4.69, 9.17) is 0 Å². The Kier molecular flexibility index (Phi) is 14.4. The fraction of sp³-hybridized carbons (Fsp3) is 1.00. The van der Waals surface area contributed by atoms with E-state index in [1.165, 1.54) is 44.9 Å². The van der Waals surface area contributed by atoms with E-state index in [9.17, 15) is 14.4 Å². The van der Waals surface area contributed by atoms with E-state index in [0.717, 1.165) is 37.5 Å². The predicted octanol–water partition coefficient (Wildman–Crippen LogP) is 6.92. The first-order chi connectivity index (χ1) is 11.2. The minimum Gasteiger partial charge on any atom is -0.324 e. The molecule has 0 aliphatic rings. The summed E-state index contributed by atoms with van der Waals surface area (Å²) < 4.78 is 11.7. The van der Waals surface area contributed by atoms with Crippen LogP contribution in [0.5, 0.6) is 0 Å². The van der Waals surface area contributed by atoms with E-state index in [-0.39, 0.29) is 0 Å². The van der Waals surface area contributed by atoms with Crippen molar-refractivity contribution in [1.82, 2.24) is 0 Å². The molecule has 1 unspecified atom stereocenters. The predicted molar refractivity (Wildman–Crippen MR) is 106 cm³/mol. The molecule has 146 valence electrons. The summed E-state index contributed by atoms with van der Waals surface area (Å²) >= 11 is 0. The van der Waals surface area contributed by atoms with Crippen LogP contribution in [-0.2, 0) is 4.57 Å². The summed E-state index contributed by atoms with van der Waals surface area (Å²) in [5.41, 5.74) is -0.404. The Bertz CT molecular complexity index is 323. The van der Waals surface area contributed by atoms with Gasteiger partial charge in [-0.2, -0.15) is 0 Å². The first-order valence-electron chi connectivity index (χ1n) is 10.3. The molecule has 4 heteroatoms. The van der Waals surface area contributed by atoms with Crippen molar-refractivity contribution in [3.8, 4) is 0 Å². The fourth-order valence-electron chi connectivity index (χ4n) is 3.23. The van der Waals surface area contributed by atoms with Crippen LogP contribution in [-0.4, -0.2) is 15.4 Å². The van der Waals surface area contributed by atoms with Crippen molar-refractivity contribution in [1.29, 1.82) is 0 Å². The van der Waals surface area contributed by atoms with Gasteiger partial charge in [0.05, 0.1) is 5.66 Å². The standard InChI is InChI=1S/C20H43O3P/c1-18(2)14-10-6-5-7-12-16-20(24(21,22)23)17-13-9-8-11-15-19(3)4/h18-20H,5-17H2,1-4H3,(H2,21,22,23). The summed E-state index contributed by atoms with van der Waals surface area (Å²) in [6, 6.07) is 0. The van der Waals surface area contributed by atoms with Gasteiger partial charge in [0, 0.05) is 0 Å². The zero-order chi connectivity index (χ0) is 18.4. The monoisotopic (exact) mass is 362 g/mol. The highest BCUT2D eigenvalue weighted by Gasteiger charge is 2.27. The number of unbranched alkanes of at least 4 members (excludes halogenated alkanes) is 7. The highest BCUT2D eigenvalue weighted by Crippen LogP contribution is 2.46. The van der Waals surface area contributed by atoms with Gasteiger partial charge < -0.3 is 9.79 Å². The lowest BCUT2D eigenvalue weighted by Crippen LogP contribution is -2.08. The van der Waals surface area contributed by atoms with E-state index in [0.29, 0.717) is 12.8 Å². The van der Waals surface area contributed by atoms with Crippen LogP contribution in [0.25, 0.3) is 0 Å². The van der Waals surface area contributed by atoms with Crippen molar-refractivity contribution in [2.45, 2.75) is 117 Å². The molecular formula is C20H43O3P. The maximum atomic E-state index is 11.7. The largest absolute Gasteiger partial charge is 0.328 e.